The first-order chi connectivity index (χ1) is 13.2. The molecule has 0 saturated carbocycles. The monoisotopic (exact) mass is 366 g/mol. The normalized spacial score (nSPS) is 17.9. The minimum Gasteiger partial charge on any atom is -0.369 e. The van der Waals surface area contributed by atoms with Crippen LogP contribution in [0.5, 0.6) is 0 Å². The van der Waals surface area contributed by atoms with Gasteiger partial charge in [-0.05, 0) is 41.8 Å². The Labute approximate surface area is 158 Å². The highest BCUT2D eigenvalue weighted by Gasteiger charge is 2.23. The van der Waals surface area contributed by atoms with Gasteiger partial charge in [0.15, 0.2) is 0 Å². The van der Waals surface area contributed by atoms with E-state index in [2.05, 4.69) is 21.0 Å². The Hall–Kier alpha value is -2.57. The van der Waals surface area contributed by atoms with E-state index in [1.807, 2.05) is 48.4 Å². The molecule has 0 N–H and O–H groups in total. The molecular formula is C21H23FN4O. The molecule has 0 aliphatic carbocycles. The topological polar surface area (TPSA) is 43.2 Å². The molecule has 0 unspecified atom stereocenters. The molecule has 1 aliphatic rings. The van der Waals surface area contributed by atoms with Gasteiger partial charge in [-0.3, -0.25) is 14.6 Å². The van der Waals surface area contributed by atoms with E-state index in [-0.39, 0.29) is 11.9 Å². The van der Waals surface area contributed by atoms with Crippen LogP contribution in [0.1, 0.15) is 28.6 Å². The third-order valence-electron chi connectivity index (χ3n) is 4.96. The summed E-state index contributed by atoms with van der Waals surface area (Å²) in [7, 11) is 1.97. The van der Waals surface area contributed by atoms with Crippen molar-refractivity contribution < 1.29 is 9.13 Å². The quantitative estimate of drug-likeness (QED) is 0.696. The van der Waals surface area contributed by atoms with E-state index in [0.29, 0.717) is 6.61 Å². The van der Waals surface area contributed by atoms with Gasteiger partial charge in [0.1, 0.15) is 11.9 Å². The van der Waals surface area contributed by atoms with E-state index in [9.17, 15) is 4.39 Å². The van der Waals surface area contributed by atoms with Gasteiger partial charge in [-0.1, -0.05) is 18.2 Å². The molecule has 1 saturated heterocycles. The van der Waals surface area contributed by atoms with Crippen LogP contribution in [-0.4, -0.2) is 39.4 Å². The second kappa shape index (κ2) is 7.98. The molecule has 1 aliphatic heterocycles. The summed E-state index contributed by atoms with van der Waals surface area (Å²) in [6, 6.07) is 12.8. The smallest absolute Gasteiger partial charge is 0.123 e. The number of halogens is 1. The molecular weight excluding hydrogens is 343 g/mol. The van der Waals surface area contributed by atoms with Crippen molar-refractivity contribution in [2.45, 2.75) is 19.1 Å². The number of hydrogen-bond donors (Lipinski definition) is 0. The van der Waals surface area contributed by atoms with Crippen LogP contribution < -0.4 is 0 Å². The molecule has 0 spiro atoms. The number of rotatable bonds is 5. The number of benzene rings is 1. The van der Waals surface area contributed by atoms with Crippen LogP contribution in [0, 0.1) is 5.82 Å². The van der Waals surface area contributed by atoms with E-state index in [4.69, 9.17) is 4.74 Å². The van der Waals surface area contributed by atoms with Crippen LogP contribution >= 0.6 is 0 Å². The molecule has 140 valence electrons. The number of aryl methyl sites for hydroxylation is 1. The predicted molar refractivity (Wildman–Crippen MR) is 101 cm³/mol. The van der Waals surface area contributed by atoms with Crippen molar-refractivity contribution in [1.82, 2.24) is 19.7 Å². The molecule has 0 radical (unpaired) electrons. The van der Waals surface area contributed by atoms with Gasteiger partial charge in [0.25, 0.3) is 0 Å². The summed E-state index contributed by atoms with van der Waals surface area (Å²) < 4.78 is 20.9. The summed E-state index contributed by atoms with van der Waals surface area (Å²) in [4.78, 5) is 7.00. The molecule has 27 heavy (non-hydrogen) atoms. The van der Waals surface area contributed by atoms with Crippen molar-refractivity contribution in [3.63, 3.8) is 0 Å². The fourth-order valence-corrected chi connectivity index (χ4v) is 3.38. The largest absolute Gasteiger partial charge is 0.369 e. The average molecular weight is 366 g/mol. The highest BCUT2D eigenvalue weighted by molar-refractivity contribution is 5.26. The van der Waals surface area contributed by atoms with Gasteiger partial charge in [-0.2, -0.15) is 5.10 Å². The standard InChI is InChI=1S/C21H23FN4O/c1-25-19(8-9-24-25)14-26-10-11-27-21(15-26)20-7-4-17(13-23-20)12-16-2-5-18(22)6-3-16/h2-9,13,21H,10-12,14-15H2,1H3/t21-/m1/s1. The first kappa shape index (κ1) is 17.8. The minimum atomic E-state index is -0.211. The van der Waals surface area contributed by atoms with Crippen LogP contribution in [0.15, 0.2) is 54.9 Å². The number of morpholine rings is 1. The van der Waals surface area contributed by atoms with Gasteiger partial charge in [-0.15, -0.1) is 0 Å². The lowest BCUT2D eigenvalue weighted by Crippen LogP contribution is -2.38. The Morgan fingerprint density at radius 2 is 1.93 bits per heavy atom. The second-order valence-electron chi connectivity index (χ2n) is 6.94. The number of hydrogen-bond acceptors (Lipinski definition) is 4. The predicted octanol–water partition coefficient (Wildman–Crippen LogP) is 3.12. The van der Waals surface area contributed by atoms with Gasteiger partial charge >= 0.3 is 0 Å². The lowest BCUT2D eigenvalue weighted by atomic mass is 10.1. The number of nitrogens with zero attached hydrogens (tertiary/aromatic N) is 4. The third-order valence-corrected chi connectivity index (χ3v) is 4.96. The van der Waals surface area contributed by atoms with E-state index < -0.39 is 0 Å². The molecule has 3 aromatic rings. The molecule has 0 amide bonds. The van der Waals surface area contributed by atoms with Gasteiger partial charge in [0.05, 0.1) is 18.0 Å². The van der Waals surface area contributed by atoms with Crippen molar-refractivity contribution in [2.75, 3.05) is 19.7 Å². The zero-order valence-electron chi connectivity index (χ0n) is 15.4. The van der Waals surface area contributed by atoms with E-state index in [0.717, 1.165) is 42.9 Å². The first-order valence-electron chi connectivity index (χ1n) is 9.17. The van der Waals surface area contributed by atoms with Gasteiger partial charge in [-0.25, -0.2) is 4.39 Å². The van der Waals surface area contributed by atoms with Crippen LogP contribution in [0.4, 0.5) is 4.39 Å². The van der Waals surface area contributed by atoms with Gasteiger partial charge < -0.3 is 4.74 Å². The summed E-state index contributed by atoms with van der Waals surface area (Å²) >= 11 is 0. The third kappa shape index (κ3) is 4.40. The fraction of sp³-hybridized carbons (Fsp3) is 0.333. The van der Waals surface area contributed by atoms with E-state index in [1.165, 1.54) is 17.8 Å². The lowest BCUT2D eigenvalue weighted by Gasteiger charge is -2.32. The minimum absolute atomic E-state index is 0.0214. The van der Waals surface area contributed by atoms with E-state index in [1.54, 1.807) is 0 Å². The average Bonchev–Trinajstić information content (AvgIpc) is 3.09. The number of pyridine rings is 1. The molecule has 1 fully saturated rings. The van der Waals surface area contributed by atoms with Crippen LogP contribution in [0.25, 0.3) is 0 Å². The Balaban J connectivity index is 1.39. The number of ether oxygens (including phenoxy) is 1. The summed E-state index contributed by atoms with van der Waals surface area (Å²) in [6.45, 7) is 3.28. The summed E-state index contributed by atoms with van der Waals surface area (Å²) in [5, 5.41) is 4.23. The molecule has 1 aromatic carbocycles. The highest BCUT2D eigenvalue weighted by Crippen LogP contribution is 2.22. The van der Waals surface area contributed by atoms with Crippen molar-refractivity contribution in [3.05, 3.63) is 83.2 Å². The van der Waals surface area contributed by atoms with Gasteiger partial charge in [0.2, 0.25) is 0 Å². The SMILES string of the molecule is Cn1nccc1CN1CCO[C@@H](c2ccc(Cc3ccc(F)cc3)cn2)C1. The molecule has 0 bridgehead atoms. The zero-order chi connectivity index (χ0) is 18.6. The lowest BCUT2D eigenvalue weighted by molar-refractivity contribution is -0.0356. The van der Waals surface area contributed by atoms with Crippen LogP contribution in [-0.2, 0) is 24.8 Å². The molecule has 4 rings (SSSR count). The van der Waals surface area contributed by atoms with Crippen LogP contribution in [0.2, 0.25) is 0 Å². The Morgan fingerprint density at radius 1 is 1.11 bits per heavy atom. The van der Waals surface area contributed by atoms with Crippen molar-refractivity contribution in [2.24, 2.45) is 7.05 Å². The Kier molecular flexibility index (Phi) is 5.27. The second-order valence-corrected chi connectivity index (χ2v) is 6.94. The first-order valence-corrected chi connectivity index (χ1v) is 9.17. The van der Waals surface area contributed by atoms with Gasteiger partial charge in [0, 0.05) is 39.1 Å². The van der Waals surface area contributed by atoms with E-state index >= 15 is 0 Å². The molecule has 2 aromatic heterocycles. The molecule has 1 atom stereocenters. The van der Waals surface area contributed by atoms with Crippen molar-refractivity contribution >= 4 is 0 Å². The maximum Gasteiger partial charge on any atom is 0.123 e. The Bertz CT molecular complexity index is 876. The molecule has 5 nitrogen and oxygen atoms in total. The van der Waals surface area contributed by atoms with Crippen LogP contribution in [0.3, 0.4) is 0 Å². The van der Waals surface area contributed by atoms with Crippen molar-refractivity contribution in [3.8, 4) is 0 Å². The molecule has 3 heterocycles. The zero-order valence-corrected chi connectivity index (χ0v) is 15.4. The van der Waals surface area contributed by atoms with Crippen molar-refractivity contribution in [1.29, 1.82) is 0 Å². The molecule has 6 heteroatoms. The summed E-state index contributed by atoms with van der Waals surface area (Å²) in [6.07, 6.45) is 4.44. The maximum absolute atomic E-state index is 13.0. The maximum atomic E-state index is 13.0. The number of aromatic nitrogens is 3. The summed E-state index contributed by atoms with van der Waals surface area (Å²) in [5.74, 6) is -0.211. The Morgan fingerprint density at radius 3 is 2.63 bits per heavy atom. The highest BCUT2D eigenvalue weighted by atomic mass is 19.1. The summed E-state index contributed by atoms with van der Waals surface area (Å²) in [5.41, 5.74) is 4.32. The fourth-order valence-electron chi connectivity index (χ4n) is 3.38.